The van der Waals surface area contributed by atoms with Crippen LogP contribution in [0.1, 0.15) is 36.0 Å². The lowest BCUT2D eigenvalue weighted by Crippen LogP contribution is -2.55. The molecule has 1 saturated heterocycles. The number of hydrogen-bond acceptors (Lipinski definition) is 5. The van der Waals surface area contributed by atoms with Crippen LogP contribution in [0, 0.1) is 0 Å². The van der Waals surface area contributed by atoms with Crippen LogP contribution in [-0.2, 0) is 21.6 Å². The Morgan fingerprint density at radius 3 is 2.27 bits per heavy atom. The number of aromatic nitrogens is 2. The molecular weight excluding hydrogens is 414 g/mol. The Bertz CT molecular complexity index is 991. The lowest BCUT2D eigenvalue weighted by atomic mass is 9.86. The number of ether oxygens (including phenoxy) is 1. The molecule has 0 spiro atoms. The fourth-order valence-electron chi connectivity index (χ4n) is 4.80. The van der Waals surface area contributed by atoms with E-state index < -0.39 is 11.6 Å². The number of rotatable bonds is 8. The van der Waals surface area contributed by atoms with Crippen LogP contribution in [0.3, 0.4) is 0 Å². The van der Waals surface area contributed by atoms with Gasteiger partial charge in [-0.05, 0) is 29.5 Å². The molecule has 0 amide bonds. The second kappa shape index (κ2) is 10.2. The summed E-state index contributed by atoms with van der Waals surface area (Å²) in [5.74, 6) is -0.611. The zero-order chi connectivity index (χ0) is 23.2. The number of piperidine rings is 1. The summed E-state index contributed by atoms with van der Waals surface area (Å²) >= 11 is 0. The van der Waals surface area contributed by atoms with Crippen LogP contribution in [0.2, 0.25) is 0 Å². The SMILES string of the molecule is C[N+]1(CCCc2cncnc2)CCC[C@@H](OC(=O)C(O)(c2ccccc2)c2ccccc2)C1. The minimum absolute atomic E-state index is 0.227. The van der Waals surface area contributed by atoms with Crippen LogP contribution in [0.5, 0.6) is 0 Å². The van der Waals surface area contributed by atoms with Gasteiger partial charge in [-0.25, -0.2) is 14.8 Å². The van der Waals surface area contributed by atoms with Crippen LogP contribution >= 0.6 is 0 Å². The maximum atomic E-state index is 13.5. The van der Waals surface area contributed by atoms with Crippen molar-refractivity contribution < 1.29 is 19.1 Å². The zero-order valence-corrected chi connectivity index (χ0v) is 19.1. The third kappa shape index (κ3) is 5.46. The number of nitrogens with zero attached hydrogens (tertiary/aromatic N) is 3. The van der Waals surface area contributed by atoms with Gasteiger partial charge in [0.15, 0.2) is 6.10 Å². The van der Waals surface area contributed by atoms with E-state index in [0.717, 1.165) is 55.4 Å². The molecule has 6 heteroatoms. The Morgan fingerprint density at radius 2 is 1.67 bits per heavy atom. The first-order valence-electron chi connectivity index (χ1n) is 11.6. The van der Waals surface area contributed by atoms with Crippen molar-refractivity contribution in [3.8, 4) is 0 Å². The van der Waals surface area contributed by atoms with Crippen LogP contribution < -0.4 is 0 Å². The fourth-order valence-corrected chi connectivity index (χ4v) is 4.80. The van der Waals surface area contributed by atoms with Gasteiger partial charge in [-0.2, -0.15) is 0 Å². The van der Waals surface area contributed by atoms with E-state index in [1.165, 1.54) is 0 Å². The molecule has 0 saturated carbocycles. The second-order valence-electron chi connectivity index (χ2n) is 9.21. The maximum Gasteiger partial charge on any atom is 0.348 e. The molecular formula is C27H32N3O3+. The predicted octanol–water partition coefficient (Wildman–Crippen LogP) is 3.50. The summed E-state index contributed by atoms with van der Waals surface area (Å²) in [6.07, 6.45) is 8.79. The molecule has 1 aliphatic rings. The molecule has 0 aliphatic carbocycles. The molecule has 2 aromatic carbocycles. The molecule has 6 nitrogen and oxygen atoms in total. The van der Waals surface area contributed by atoms with Crippen molar-refractivity contribution in [2.24, 2.45) is 0 Å². The molecule has 1 aliphatic heterocycles. The predicted molar refractivity (Wildman–Crippen MR) is 126 cm³/mol. The highest BCUT2D eigenvalue weighted by molar-refractivity contribution is 5.85. The number of carbonyl (C=O) groups is 1. The van der Waals surface area contributed by atoms with Crippen molar-refractivity contribution in [2.45, 2.75) is 37.4 Å². The molecule has 2 atom stereocenters. The third-order valence-electron chi connectivity index (χ3n) is 6.60. The van der Waals surface area contributed by atoms with Crippen molar-refractivity contribution in [1.82, 2.24) is 9.97 Å². The number of aryl methyl sites for hydroxylation is 1. The minimum atomic E-state index is -1.84. The standard InChI is InChI=1S/C27H32N3O3/c1-30(16-8-10-22-18-28-21-29-19-22)17-9-15-25(20-30)33-26(31)27(32,23-11-4-2-5-12-23)24-13-6-3-7-14-24/h2-7,11-14,18-19,21,25,32H,8-10,15-17,20H2,1H3/q+1/t25-,30?/m1/s1. The van der Waals surface area contributed by atoms with Gasteiger partial charge in [0, 0.05) is 25.2 Å². The average Bonchev–Trinajstić information content (AvgIpc) is 2.85. The number of likely N-dealkylation sites (N-methyl/N-ethyl adjacent to an activating group) is 1. The zero-order valence-electron chi connectivity index (χ0n) is 19.1. The lowest BCUT2D eigenvalue weighted by Gasteiger charge is -2.41. The summed E-state index contributed by atoms with van der Waals surface area (Å²) in [5.41, 5.74) is 0.329. The van der Waals surface area contributed by atoms with Crippen LogP contribution in [-0.4, -0.2) is 58.3 Å². The van der Waals surface area contributed by atoms with Gasteiger partial charge in [0.05, 0.1) is 20.1 Å². The summed E-state index contributed by atoms with van der Waals surface area (Å²) in [6, 6.07) is 18.1. The molecule has 33 heavy (non-hydrogen) atoms. The summed E-state index contributed by atoms with van der Waals surface area (Å²) in [4.78, 5) is 21.6. The minimum Gasteiger partial charge on any atom is -0.454 e. The van der Waals surface area contributed by atoms with E-state index in [1.54, 1.807) is 30.6 Å². The Labute approximate surface area is 195 Å². The number of aliphatic hydroxyl groups is 1. The van der Waals surface area contributed by atoms with Crippen LogP contribution in [0.25, 0.3) is 0 Å². The molecule has 2 heterocycles. The Kier molecular flexibility index (Phi) is 7.16. The largest absolute Gasteiger partial charge is 0.454 e. The smallest absolute Gasteiger partial charge is 0.348 e. The van der Waals surface area contributed by atoms with Gasteiger partial charge in [-0.1, -0.05) is 60.7 Å². The van der Waals surface area contributed by atoms with Gasteiger partial charge in [-0.15, -0.1) is 0 Å². The summed E-state index contributed by atoms with van der Waals surface area (Å²) in [7, 11) is 2.22. The average molecular weight is 447 g/mol. The number of quaternary nitrogens is 1. The first-order chi connectivity index (χ1) is 16.0. The van der Waals surface area contributed by atoms with E-state index in [0.29, 0.717) is 11.1 Å². The van der Waals surface area contributed by atoms with Gasteiger partial charge in [0.25, 0.3) is 0 Å². The highest BCUT2D eigenvalue weighted by atomic mass is 16.6. The number of likely N-dealkylation sites (tertiary alicyclic amines) is 1. The van der Waals surface area contributed by atoms with E-state index in [-0.39, 0.29) is 6.10 Å². The quantitative estimate of drug-likeness (QED) is 0.424. The summed E-state index contributed by atoms with van der Waals surface area (Å²) in [5, 5.41) is 11.7. The number of esters is 1. The summed E-state index contributed by atoms with van der Waals surface area (Å²) < 4.78 is 6.85. The lowest BCUT2D eigenvalue weighted by molar-refractivity contribution is -0.917. The van der Waals surface area contributed by atoms with E-state index >= 15 is 0 Å². The Morgan fingerprint density at radius 1 is 1.06 bits per heavy atom. The number of benzene rings is 2. The molecule has 1 aromatic heterocycles. The first-order valence-corrected chi connectivity index (χ1v) is 11.6. The van der Waals surface area contributed by atoms with E-state index in [4.69, 9.17) is 4.74 Å². The molecule has 4 rings (SSSR count). The van der Waals surface area contributed by atoms with E-state index in [2.05, 4.69) is 17.0 Å². The maximum absolute atomic E-state index is 13.5. The fraction of sp³-hybridized carbons (Fsp3) is 0.370. The number of hydrogen-bond donors (Lipinski definition) is 1. The highest BCUT2D eigenvalue weighted by Gasteiger charge is 2.44. The van der Waals surface area contributed by atoms with E-state index in [9.17, 15) is 9.90 Å². The van der Waals surface area contributed by atoms with E-state index in [1.807, 2.05) is 48.8 Å². The van der Waals surface area contributed by atoms with Crippen molar-refractivity contribution in [3.05, 3.63) is 96.1 Å². The van der Waals surface area contributed by atoms with Gasteiger partial charge >= 0.3 is 5.97 Å². The molecule has 3 aromatic rings. The topological polar surface area (TPSA) is 72.3 Å². The first kappa shape index (κ1) is 23.1. The van der Waals surface area contributed by atoms with Crippen LogP contribution in [0.15, 0.2) is 79.4 Å². The molecule has 0 radical (unpaired) electrons. The third-order valence-corrected chi connectivity index (χ3v) is 6.60. The van der Waals surface area contributed by atoms with Gasteiger partial charge in [0.2, 0.25) is 5.60 Å². The molecule has 1 unspecified atom stereocenters. The van der Waals surface area contributed by atoms with Gasteiger partial charge in [-0.3, -0.25) is 0 Å². The van der Waals surface area contributed by atoms with Gasteiger partial charge < -0.3 is 14.3 Å². The summed E-state index contributed by atoms with van der Waals surface area (Å²) in [6.45, 7) is 2.79. The molecule has 1 N–H and O–H groups in total. The Hall–Kier alpha value is -3.09. The normalized spacial score (nSPS) is 20.8. The number of carbonyl (C=O) groups excluding carboxylic acids is 1. The second-order valence-corrected chi connectivity index (χ2v) is 9.21. The van der Waals surface area contributed by atoms with Crippen molar-refractivity contribution in [2.75, 3.05) is 26.7 Å². The van der Waals surface area contributed by atoms with Crippen molar-refractivity contribution in [1.29, 1.82) is 0 Å². The monoisotopic (exact) mass is 446 g/mol. The van der Waals surface area contributed by atoms with Crippen molar-refractivity contribution in [3.63, 3.8) is 0 Å². The molecule has 172 valence electrons. The molecule has 0 bridgehead atoms. The van der Waals surface area contributed by atoms with Crippen molar-refractivity contribution >= 4 is 5.97 Å². The van der Waals surface area contributed by atoms with Gasteiger partial charge in [0.1, 0.15) is 12.9 Å². The molecule has 1 fully saturated rings. The van der Waals surface area contributed by atoms with Crippen LogP contribution in [0.4, 0.5) is 0 Å². The Balaban J connectivity index is 1.44. The highest BCUT2D eigenvalue weighted by Crippen LogP contribution is 2.32.